The monoisotopic (exact) mass is 359 g/mol. The molecule has 3 heterocycles. The van der Waals surface area contributed by atoms with Crippen molar-refractivity contribution in [1.29, 1.82) is 5.26 Å². The van der Waals surface area contributed by atoms with E-state index in [0.717, 1.165) is 22.6 Å². The third-order valence-electron chi connectivity index (χ3n) is 4.62. The number of nitrogen functional groups attached to an aromatic ring is 1. The van der Waals surface area contributed by atoms with Crippen LogP contribution in [-0.2, 0) is 11.3 Å². The normalized spacial score (nSPS) is 15.2. The number of ether oxygens (including phenoxy) is 2. The number of nitrogens with two attached hydrogens (primary N) is 1. The van der Waals surface area contributed by atoms with Crippen LogP contribution in [0.4, 0.5) is 5.82 Å². The molecule has 0 aliphatic carbocycles. The van der Waals surface area contributed by atoms with E-state index in [0.29, 0.717) is 29.1 Å². The minimum Gasteiger partial charge on any atom is -0.497 e. The molecule has 0 unspecified atom stereocenters. The Morgan fingerprint density at radius 1 is 1.19 bits per heavy atom. The smallest absolute Gasteiger partial charge is 0.159 e. The van der Waals surface area contributed by atoms with Gasteiger partial charge in [0.05, 0.1) is 25.5 Å². The molecule has 1 atom stereocenters. The molecule has 2 N–H and O–H groups in total. The molecule has 1 aliphatic heterocycles. The highest BCUT2D eigenvalue weighted by Crippen LogP contribution is 2.39. The zero-order valence-corrected chi connectivity index (χ0v) is 14.9. The molecule has 0 bridgehead atoms. The van der Waals surface area contributed by atoms with Gasteiger partial charge in [0, 0.05) is 34.6 Å². The van der Waals surface area contributed by atoms with Crippen molar-refractivity contribution >= 4 is 5.82 Å². The maximum atomic E-state index is 9.58. The Kier molecular flexibility index (Phi) is 4.18. The molecule has 0 saturated heterocycles. The molecule has 7 heteroatoms. The van der Waals surface area contributed by atoms with Gasteiger partial charge in [0.2, 0.25) is 0 Å². The van der Waals surface area contributed by atoms with Crippen LogP contribution in [-0.4, -0.2) is 22.1 Å². The average molecular weight is 359 g/mol. The van der Waals surface area contributed by atoms with Crippen LogP contribution in [0.15, 0.2) is 36.7 Å². The number of nitrogens with zero attached hydrogens (tertiary/aromatic N) is 4. The van der Waals surface area contributed by atoms with Crippen molar-refractivity contribution in [3.8, 4) is 34.3 Å². The molecule has 0 radical (unpaired) electrons. The van der Waals surface area contributed by atoms with Gasteiger partial charge in [0.1, 0.15) is 23.2 Å². The van der Waals surface area contributed by atoms with E-state index in [-0.39, 0.29) is 11.9 Å². The summed E-state index contributed by atoms with van der Waals surface area (Å²) in [7, 11) is 1.62. The van der Waals surface area contributed by atoms with Gasteiger partial charge in [0.15, 0.2) is 5.82 Å². The van der Waals surface area contributed by atoms with Crippen LogP contribution in [0.5, 0.6) is 5.75 Å². The lowest BCUT2D eigenvalue weighted by atomic mass is 9.96. The lowest BCUT2D eigenvalue weighted by Crippen LogP contribution is -2.05. The number of fused-ring (bicyclic) bond motifs is 1. The fourth-order valence-electron chi connectivity index (χ4n) is 3.21. The molecule has 0 amide bonds. The number of rotatable bonds is 3. The zero-order chi connectivity index (χ0) is 19.0. The van der Waals surface area contributed by atoms with Gasteiger partial charge in [-0.05, 0) is 31.2 Å². The van der Waals surface area contributed by atoms with Crippen molar-refractivity contribution in [2.45, 2.75) is 19.6 Å². The van der Waals surface area contributed by atoms with E-state index in [1.807, 2.05) is 31.2 Å². The predicted molar refractivity (Wildman–Crippen MR) is 99.6 cm³/mol. The average Bonchev–Trinajstić information content (AvgIpc) is 3.07. The van der Waals surface area contributed by atoms with Gasteiger partial charge in [-0.1, -0.05) is 0 Å². The molecular formula is C20H17N5O2. The van der Waals surface area contributed by atoms with Crippen LogP contribution in [0.1, 0.15) is 29.8 Å². The summed E-state index contributed by atoms with van der Waals surface area (Å²) in [5.74, 6) is 1.55. The van der Waals surface area contributed by atoms with Crippen molar-refractivity contribution in [1.82, 2.24) is 15.0 Å². The summed E-state index contributed by atoms with van der Waals surface area (Å²) in [4.78, 5) is 13.3. The second-order valence-electron chi connectivity index (χ2n) is 6.20. The maximum absolute atomic E-state index is 9.58. The number of hydrogen-bond acceptors (Lipinski definition) is 7. The molecule has 4 rings (SSSR count). The van der Waals surface area contributed by atoms with E-state index in [1.165, 1.54) is 0 Å². The number of pyridine rings is 1. The van der Waals surface area contributed by atoms with Gasteiger partial charge in [-0.25, -0.2) is 15.0 Å². The first-order chi connectivity index (χ1) is 13.1. The summed E-state index contributed by atoms with van der Waals surface area (Å²) < 4.78 is 10.8. The SMILES string of the molecule is COc1ccc(-c2ncc(-c3c(C#N)c(N)nc4c3CO[C@@H]4C)cn2)cc1. The molecule has 0 fully saturated rings. The number of anilines is 1. The van der Waals surface area contributed by atoms with Crippen LogP contribution in [0.25, 0.3) is 22.5 Å². The van der Waals surface area contributed by atoms with Gasteiger partial charge in [-0.15, -0.1) is 0 Å². The number of benzene rings is 1. The van der Waals surface area contributed by atoms with Gasteiger partial charge in [-0.3, -0.25) is 0 Å². The third-order valence-corrected chi connectivity index (χ3v) is 4.62. The fourth-order valence-corrected chi connectivity index (χ4v) is 3.21. The summed E-state index contributed by atoms with van der Waals surface area (Å²) in [5, 5.41) is 9.58. The maximum Gasteiger partial charge on any atom is 0.159 e. The summed E-state index contributed by atoms with van der Waals surface area (Å²) in [6.07, 6.45) is 3.24. The van der Waals surface area contributed by atoms with Gasteiger partial charge < -0.3 is 15.2 Å². The molecule has 1 aromatic carbocycles. The second kappa shape index (κ2) is 6.67. The minimum absolute atomic E-state index is 0.159. The molecule has 134 valence electrons. The van der Waals surface area contributed by atoms with Crippen molar-refractivity contribution in [2.24, 2.45) is 0 Å². The van der Waals surface area contributed by atoms with E-state index in [2.05, 4.69) is 21.0 Å². The number of nitriles is 1. The molecule has 3 aromatic rings. The van der Waals surface area contributed by atoms with Crippen molar-refractivity contribution in [2.75, 3.05) is 12.8 Å². The fraction of sp³-hybridized carbons (Fsp3) is 0.200. The molecule has 27 heavy (non-hydrogen) atoms. The quantitative estimate of drug-likeness (QED) is 0.765. The standard InChI is InChI=1S/C20H17N5O2/c1-11-18-16(10-27-11)17(15(7-21)19(22)25-18)13-8-23-20(24-9-13)12-3-5-14(26-2)6-4-12/h3-6,8-9,11H,10H2,1-2H3,(H2,22,25)/t11-/m1/s1. The van der Waals surface area contributed by atoms with Gasteiger partial charge in [-0.2, -0.15) is 5.26 Å². The van der Waals surface area contributed by atoms with E-state index < -0.39 is 0 Å². The molecule has 0 saturated carbocycles. The Labute approximate surface area is 156 Å². The van der Waals surface area contributed by atoms with E-state index in [9.17, 15) is 5.26 Å². The Bertz CT molecular complexity index is 1040. The van der Waals surface area contributed by atoms with Gasteiger partial charge >= 0.3 is 0 Å². The summed E-state index contributed by atoms with van der Waals surface area (Å²) in [6, 6.07) is 9.66. The molecular weight excluding hydrogens is 342 g/mol. The van der Waals surface area contributed by atoms with E-state index in [1.54, 1.807) is 19.5 Å². The topological polar surface area (TPSA) is 107 Å². The summed E-state index contributed by atoms with van der Waals surface area (Å²) in [6.45, 7) is 2.30. The first-order valence-electron chi connectivity index (χ1n) is 8.43. The Morgan fingerprint density at radius 2 is 1.89 bits per heavy atom. The van der Waals surface area contributed by atoms with Gasteiger partial charge in [0.25, 0.3) is 0 Å². The predicted octanol–water partition coefficient (Wildman–Crippen LogP) is 3.26. The van der Waals surface area contributed by atoms with Crippen molar-refractivity contribution < 1.29 is 9.47 Å². The van der Waals surface area contributed by atoms with Crippen molar-refractivity contribution in [3.05, 3.63) is 53.5 Å². The highest BCUT2D eigenvalue weighted by Gasteiger charge is 2.28. The highest BCUT2D eigenvalue weighted by atomic mass is 16.5. The first kappa shape index (κ1) is 16.9. The third kappa shape index (κ3) is 2.86. The lowest BCUT2D eigenvalue weighted by molar-refractivity contribution is 0.0780. The number of aromatic nitrogens is 3. The van der Waals surface area contributed by atoms with Crippen LogP contribution in [0.3, 0.4) is 0 Å². The zero-order valence-electron chi connectivity index (χ0n) is 14.9. The minimum atomic E-state index is -0.159. The van der Waals surface area contributed by atoms with Crippen LogP contribution >= 0.6 is 0 Å². The molecule has 2 aromatic heterocycles. The molecule has 0 spiro atoms. The Balaban J connectivity index is 1.79. The molecule has 7 nitrogen and oxygen atoms in total. The summed E-state index contributed by atoms with van der Waals surface area (Å²) >= 11 is 0. The Morgan fingerprint density at radius 3 is 2.52 bits per heavy atom. The van der Waals surface area contributed by atoms with Crippen LogP contribution in [0.2, 0.25) is 0 Å². The van der Waals surface area contributed by atoms with Crippen LogP contribution < -0.4 is 10.5 Å². The highest BCUT2D eigenvalue weighted by molar-refractivity contribution is 5.79. The van der Waals surface area contributed by atoms with E-state index in [4.69, 9.17) is 15.2 Å². The summed E-state index contributed by atoms with van der Waals surface area (Å²) in [5.41, 5.74) is 10.3. The van der Waals surface area contributed by atoms with Crippen LogP contribution in [0, 0.1) is 11.3 Å². The number of hydrogen-bond donors (Lipinski definition) is 1. The Hall–Kier alpha value is -3.50. The lowest BCUT2D eigenvalue weighted by Gasteiger charge is -2.12. The van der Waals surface area contributed by atoms with E-state index >= 15 is 0 Å². The first-order valence-corrected chi connectivity index (χ1v) is 8.43. The van der Waals surface area contributed by atoms with Crippen molar-refractivity contribution in [3.63, 3.8) is 0 Å². The molecule has 1 aliphatic rings. The second-order valence-corrected chi connectivity index (χ2v) is 6.20. The largest absolute Gasteiger partial charge is 0.497 e. The number of methoxy groups -OCH3 is 1.